The van der Waals surface area contributed by atoms with Crippen molar-refractivity contribution in [3.05, 3.63) is 23.8 Å². The van der Waals surface area contributed by atoms with Gasteiger partial charge in [0, 0.05) is 31.6 Å². The monoisotopic (exact) mass is 223 g/mol. The standard InChI is InChI=1S/C12H21N3O/c1-5-12(3,16-4)11-14-8-10(9-15-11)7-13-6-2/h8-9,13H,5-7H2,1-4H3. The number of hydrogen-bond donors (Lipinski definition) is 1. The van der Waals surface area contributed by atoms with Crippen LogP contribution >= 0.6 is 0 Å². The first-order valence-electron chi connectivity index (χ1n) is 5.73. The van der Waals surface area contributed by atoms with Gasteiger partial charge in [-0.1, -0.05) is 13.8 Å². The zero-order chi connectivity index (χ0) is 12.0. The summed E-state index contributed by atoms with van der Waals surface area (Å²) >= 11 is 0. The third-order valence-corrected chi connectivity index (χ3v) is 2.88. The van der Waals surface area contributed by atoms with Crippen molar-refractivity contribution < 1.29 is 4.74 Å². The molecule has 4 heteroatoms. The Hall–Kier alpha value is -1.00. The van der Waals surface area contributed by atoms with Crippen LogP contribution in [0.2, 0.25) is 0 Å². The van der Waals surface area contributed by atoms with E-state index < -0.39 is 0 Å². The van der Waals surface area contributed by atoms with Crippen molar-refractivity contribution in [3.8, 4) is 0 Å². The number of aromatic nitrogens is 2. The number of rotatable bonds is 6. The lowest BCUT2D eigenvalue weighted by Gasteiger charge is -2.24. The van der Waals surface area contributed by atoms with E-state index in [-0.39, 0.29) is 5.60 Å². The van der Waals surface area contributed by atoms with E-state index in [1.807, 2.05) is 19.3 Å². The maximum absolute atomic E-state index is 5.45. The van der Waals surface area contributed by atoms with Crippen LogP contribution in [0.3, 0.4) is 0 Å². The van der Waals surface area contributed by atoms with Crippen LogP contribution in [-0.2, 0) is 16.9 Å². The van der Waals surface area contributed by atoms with E-state index in [0.29, 0.717) is 0 Å². The van der Waals surface area contributed by atoms with Gasteiger partial charge >= 0.3 is 0 Å². The summed E-state index contributed by atoms with van der Waals surface area (Å²) in [7, 11) is 1.69. The van der Waals surface area contributed by atoms with E-state index in [4.69, 9.17) is 4.74 Å². The molecule has 0 saturated carbocycles. The van der Waals surface area contributed by atoms with Crippen molar-refractivity contribution in [1.29, 1.82) is 0 Å². The molecule has 1 N–H and O–H groups in total. The fourth-order valence-electron chi connectivity index (χ4n) is 1.38. The van der Waals surface area contributed by atoms with Gasteiger partial charge in [-0.15, -0.1) is 0 Å². The minimum Gasteiger partial charge on any atom is -0.371 e. The van der Waals surface area contributed by atoms with Crippen molar-refractivity contribution >= 4 is 0 Å². The first-order chi connectivity index (χ1) is 7.66. The Labute approximate surface area is 97.5 Å². The van der Waals surface area contributed by atoms with Crippen molar-refractivity contribution in [1.82, 2.24) is 15.3 Å². The summed E-state index contributed by atoms with van der Waals surface area (Å²) in [6.45, 7) is 7.92. The highest BCUT2D eigenvalue weighted by Gasteiger charge is 2.26. The normalized spacial score (nSPS) is 14.8. The van der Waals surface area contributed by atoms with Crippen molar-refractivity contribution in [2.45, 2.75) is 39.3 Å². The Balaban J connectivity index is 2.77. The van der Waals surface area contributed by atoms with Crippen LogP contribution in [0.25, 0.3) is 0 Å². The molecule has 0 radical (unpaired) electrons. The molecule has 0 fully saturated rings. The van der Waals surface area contributed by atoms with Gasteiger partial charge in [0.1, 0.15) is 5.60 Å². The molecule has 4 nitrogen and oxygen atoms in total. The zero-order valence-electron chi connectivity index (χ0n) is 10.6. The van der Waals surface area contributed by atoms with Crippen molar-refractivity contribution in [3.63, 3.8) is 0 Å². The molecule has 0 amide bonds. The molecule has 0 aliphatic carbocycles. The zero-order valence-corrected chi connectivity index (χ0v) is 10.6. The van der Waals surface area contributed by atoms with Gasteiger partial charge in [-0.2, -0.15) is 0 Å². The fourth-order valence-corrected chi connectivity index (χ4v) is 1.38. The summed E-state index contributed by atoms with van der Waals surface area (Å²) in [4.78, 5) is 8.74. The topological polar surface area (TPSA) is 47.0 Å². The minimum absolute atomic E-state index is 0.378. The third-order valence-electron chi connectivity index (χ3n) is 2.88. The highest BCUT2D eigenvalue weighted by Crippen LogP contribution is 2.24. The van der Waals surface area contributed by atoms with E-state index in [0.717, 1.165) is 30.9 Å². The second-order valence-corrected chi connectivity index (χ2v) is 3.98. The average molecular weight is 223 g/mol. The molecule has 0 spiro atoms. The quantitative estimate of drug-likeness (QED) is 0.799. The molecule has 16 heavy (non-hydrogen) atoms. The predicted octanol–water partition coefficient (Wildman–Crippen LogP) is 1.86. The van der Waals surface area contributed by atoms with Gasteiger partial charge in [-0.05, 0) is 19.9 Å². The van der Waals surface area contributed by atoms with Crippen LogP contribution in [0, 0.1) is 0 Å². The lowest BCUT2D eigenvalue weighted by Crippen LogP contribution is -2.26. The highest BCUT2D eigenvalue weighted by molar-refractivity contribution is 5.08. The Kier molecular flexibility index (Phi) is 4.83. The van der Waals surface area contributed by atoms with Crippen molar-refractivity contribution in [2.24, 2.45) is 0 Å². The lowest BCUT2D eigenvalue weighted by molar-refractivity contribution is -0.00903. The first kappa shape index (κ1) is 13.1. The maximum Gasteiger partial charge on any atom is 0.159 e. The fraction of sp³-hybridized carbons (Fsp3) is 0.667. The molecule has 1 aromatic rings. The molecule has 0 aliphatic heterocycles. The molecule has 1 unspecified atom stereocenters. The van der Waals surface area contributed by atoms with Crippen LogP contribution in [0.15, 0.2) is 12.4 Å². The van der Waals surface area contributed by atoms with Gasteiger partial charge in [-0.3, -0.25) is 0 Å². The molecule has 90 valence electrons. The Morgan fingerprint density at radius 2 is 1.94 bits per heavy atom. The average Bonchev–Trinajstić information content (AvgIpc) is 2.36. The van der Waals surface area contributed by atoms with E-state index in [1.54, 1.807) is 7.11 Å². The Morgan fingerprint density at radius 1 is 1.31 bits per heavy atom. The largest absolute Gasteiger partial charge is 0.371 e. The van der Waals surface area contributed by atoms with Crippen LogP contribution in [0.1, 0.15) is 38.6 Å². The third kappa shape index (κ3) is 3.00. The van der Waals surface area contributed by atoms with E-state index in [9.17, 15) is 0 Å². The smallest absolute Gasteiger partial charge is 0.159 e. The summed E-state index contributed by atoms with van der Waals surface area (Å²) in [5.41, 5.74) is 0.719. The minimum atomic E-state index is -0.378. The van der Waals surface area contributed by atoms with Gasteiger partial charge < -0.3 is 10.1 Å². The molecular weight excluding hydrogens is 202 g/mol. The summed E-state index contributed by atoms with van der Waals surface area (Å²) < 4.78 is 5.45. The predicted molar refractivity (Wildman–Crippen MR) is 64.1 cm³/mol. The van der Waals surface area contributed by atoms with Crippen molar-refractivity contribution in [2.75, 3.05) is 13.7 Å². The lowest BCUT2D eigenvalue weighted by atomic mass is 10.0. The van der Waals surface area contributed by atoms with Gasteiger partial charge in [0.15, 0.2) is 5.82 Å². The Morgan fingerprint density at radius 3 is 2.38 bits per heavy atom. The molecule has 0 bridgehead atoms. The van der Waals surface area contributed by atoms with Gasteiger partial charge in [-0.25, -0.2) is 9.97 Å². The molecule has 0 saturated heterocycles. The van der Waals surface area contributed by atoms with Crippen LogP contribution in [-0.4, -0.2) is 23.6 Å². The van der Waals surface area contributed by atoms with E-state index >= 15 is 0 Å². The molecule has 1 heterocycles. The molecule has 1 atom stereocenters. The Bertz CT molecular complexity index is 307. The van der Waals surface area contributed by atoms with Gasteiger partial charge in [0.05, 0.1) is 0 Å². The number of methoxy groups -OCH3 is 1. The summed E-state index contributed by atoms with van der Waals surface area (Å²) in [5.74, 6) is 0.748. The molecule has 0 aromatic carbocycles. The number of nitrogens with one attached hydrogen (secondary N) is 1. The second kappa shape index (κ2) is 5.92. The van der Waals surface area contributed by atoms with E-state index in [2.05, 4.69) is 29.1 Å². The number of hydrogen-bond acceptors (Lipinski definition) is 4. The van der Waals surface area contributed by atoms with Crippen LogP contribution in [0.4, 0.5) is 0 Å². The van der Waals surface area contributed by atoms with Crippen LogP contribution < -0.4 is 5.32 Å². The SMILES string of the molecule is CCNCc1cnc(C(C)(CC)OC)nc1. The number of ether oxygens (including phenoxy) is 1. The van der Waals surface area contributed by atoms with E-state index in [1.165, 1.54) is 0 Å². The molecule has 1 rings (SSSR count). The first-order valence-corrected chi connectivity index (χ1v) is 5.73. The van der Waals surface area contributed by atoms with Gasteiger partial charge in [0.2, 0.25) is 0 Å². The molecular formula is C12H21N3O. The highest BCUT2D eigenvalue weighted by atomic mass is 16.5. The summed E-state index contributed by atoms with van der Waals surface area (Å²) in [6.07, 6.45) is 4.58. The van der Waals surface area contributed by atoms with Crippen LogP contribution in [0.5, 0.6) is 0 Å². The van der Waals surface area contributed by atoms with Gasteiger partial charge in [0.25, 0.3) is 0 Å². The molecule has 1 aromatic heterocycles. The maximum atomic E-state index is 5.45. The number of nitrogens with zero attached hydrogens (tertiary/aromatic N) is 2. The summed E-state index contributed by atoms with van der Waals surface area (Å²) in [6, 6.07) is 0. The second-order valence-electron chi connectivity index (χ2n) is 3.98. The summed E-state index contributed by atoms with van der Waals surface area (Å²) in [5, 5.41) is 3.24. The molecule has 0 aliphatic rings.